The number of methoxy groups -OCH3 is 1. The van der Waals surface area contributed by atoms with Crippen molar-refractivity contribution in [1.82, 2.24) is 15.3 Å². The SMILES string of the molecule is COC(=O)c1cccc(C(=O)NC(Cc2cnc[nH]2)C(=O)O)c1. The fraction of sp³-hybridized carbons (Fsp3) is 0.200. The van der Waals surface area contributed by atoms with Crippen molar-refractivity contribution < 1.29 is 24.2 Å². The van der Waals surface area contributed by atoms with Gasteiger partial charge in [0.1, 0.15) is 6.04 Å². The molecule has 2 aromatic rings. The Hall–Kier alpha value is -3.16. The van der Waals surface area contributed by atoms with Gasteiger partial charge in [-0.05, 0) is 18.2 Å². The molecule has 1 aromatic heterocycles. The molecule has 1 heterocycles. The normalized spacial score (nSPS) is 11.5. The van der Waals surface area contributed by atoms with Crippen molar-refractivity contribution in [3.8, 4) is 0 Å². The van der Waals surface area contributed by atoms with Crippen LogP contribution in [0.5, 0.6) is 0 Å². The molecular weight excluding hydrogens is 302 g/mol. The van der Waals surface area contributed by atoms with E-state index >= 15 is 0 Å². The first-order valence-corrected chi connectivity index (χ1v) is 6.70. The number of rotatable bonds is 6. The molecule has 1 atom stereocenters. The molecule has 1 amide bonds. The van der Waals surface area contributed by atoms with Crippen LogP contribution in [0.4, 0.5) is 0 Å². The maximum atomic E-state index is 12.2. The number of ether oxygens (including phenoxy) is 1. The number of hydrogen-bond donors (Lipinski definition) is 3. The first kappa shape index (κ1) is 16.2. The highest BCUT2D eigenvalue weighted by Gasteiger charge is 2.22. The van der Waals surface area contributed by atoms with Crippen LogP contribution in [0, 0.1) is 0 Å². The van der Waals surface area contributed by atoms with Gasteiger partial charge < -0.3 is 20.1 Å². The molecule has 0 radical (unpaired) electrons. The predicted octanol–water partition coefficient (Wildman–Crippen LogP) is 0.622. The van der Waals surface area contributed by atoms with E-state index in [1.54, 1.807) is 0 Å². The van der Waals surface area contributed by atoms with E-state index in [9.17, 15) is 19.5 Å². The molecule has 2 rings (SSSR count). The largest absolute Gasteiger partial charge is 0.480 e. The first-order valence-electron chi connectivity index (χ1n) is 6.70. The van der Waals surface area contributed by atoms with Gasteiger partial charge in [-0.25, -0.2) is 14.6 Å². The van der Waals surface area contributed by atoms with Gasteiger partial charge in [0.05, 0.1) is 19.0 Å². The molecule has 0 bridgehead atoms. The fourth-order valence-corrected chi connectivity index (χ4v) is 1.96. The third kappa shape index (κ3) is 4.16. The third-order valence-corrected chi connectivity index (χ3v) is 3.13. The molecule has 120 valence electrons. The number of amides is 1. The van der Waals surface area contributed by atoms with Crippen molar-refractivity contribution in [1.29, 1.82) is 0 Å². The summed E-state index contributed by atoms with van der Waals surface area (Å²) >= 11 is 0. The third-order valence-electron chi connectivity index (χ3n) is 3.13. The second kappa shape index (κ2) is 7.21. The average Bonchev–Trinajstić information content (AvgIpc) is 3.06. The second-order valence-electron chi connectivity index (χ2n) is 4.72. The molecule has 8 heteroatoms. The minimum Gasteiger partial charge on any atom is -0.480 e. The monoisotopic (exact) mass is 317 g/mol. The van der Waals surface area contributed by atoms with E-state index in [1.807, 2.05) is 0 Å². The summed E-state index contributed by atoms with van der Waals surface area (Å²) in [7, 11) is 1.24. The molecular formula is C15H15N3O5. The Morgan fingerprint density at radius 1 is 1.35 bits per heavy atom. The summed E-state index contributed by atoms with van der Waals surface area (Å²) in [6.07, 6.45) is 2.98. The van der Waals surface area contributed by atoms with Crippen molar-refractivity contribution >= 4 is 17.8 Å². The summed E-state index contributed by atoms with van der Waals surface area (Å²) in [4.78, 5) is 41.5. The Labute approximate surface area is 131 Å². The predicted molar refractivity (Wildman–Crippen MR) is 79.0 cm³/mol. The van der Waals surface area contributed by atoms with E-state index in [2.05, 4.69) is 20.0 Å². The summed E-state index contributed by atoms with van der Waals surface area (Å²) in [5.41, 5.74) is 0.963. The lowest BCUT2D eigenvalue weighted by atomic mass is 10.1. The highest BCUT2D eigenvalue weighted by molar-refractivity contribution is 5.99. The van der Waals surface area contributed by atoms with Crippen molar-refractivity contribution in [3.63, 3.8) is 0 Å². The van der Waals surface area contributed by atoms with Crippen LogP contribution in [-0.2, 0) is 16.0 Å². The number of esters is 1. The Morgan fingerprint density at radius 2 is 2.09 bits per heavy atom. The zero-order valence-corrected chi connectivity index (χ0v) is 12.3. The number of hydrogen-bond acceptors (Lipinski definition) is 5. The molecule has 0 saturated heterocycles. The standard InChI is InChI=1S/C15H15N3O5/c1-23-15(22)10-4-2-3-9(5-10)13(19)18-12(14(20)21)6-11-7-16-8-17-11/h2-5,7-8,12H,6H2,1H3,(H,16,17)(H,18,19)(H,20,21). The Bertz CT molecular complexity index is 712. The maximum absolute atomic E-state index is 12.2. The number of carboxylic acids is 1. The molecule has 0 fully saturated rings. The van der Waals surface area contributed by atoms with E-state index in [1.165, 1.54) is 43.9 Å². The van der Waals surface area contributed by atoms with Crippen LogP contribution < -0.4 is 5.32 Å². The Kier molecular flexibility index (Phi) is 5.08. The smallest absolute Gasteiger partial charge is 0.337 e. The molecule has 0 aliphatic rings. The van der Waals surface area contributed by atoms with Crippen LogP contribution in [0.2, 0.25) is 0 Å². The number of imidazole rings is 1. The highest BCUT2D eigenvalue weighted by atomic mass is 16.5. The lowest BCUT2D eigenvalue weighted by Crippen LogP contribution is -2.42. The Morgan fingerprint density at radius 3 is 2.70 bits per heavy atom. The average molecular weight is 317 g/mol. The summed E-state index contributed by atoms with van der Waals surface area (Å²) in [5, 5.41) is 11.6. The molecule has 23 heavy (non-hydrogen) atoms. The molecule has 0 spiro atoms. The number of H-pyrrole nitrogens is 1. The molecule has 3 N–H and O–H groups in total. The minimum absolute atomic E-state index is 0.0672. The number of aromatic amines is 1. The van der Waals surface area contributed by atoms with Crippen LogP contribution in [0.15, 0.2) is 36.8 Å². The molecule has 8 nitrogen and oxygen atoms in total. The van der Waals surface area contributed by atoms with Crippen molar-refractivity contribution in [2.45, 2.75) is 12.5 Å². The van der Waals surface area contributed by atoms with E-state index in [-0.39, 0.29) is 17.5 Å². The zero-order valence-electron chi connectivity index (χ0n) is 12.3. The van der Waals surface area contributed by atoms with Crippen LogP contribution in [0.3, 0.4) is 0 Å². The first-order chi connectivity index (χ1) is 11.0. The quantitative estimate of drug-likeness (QED) is 0.672. The zero-order chi connectivity index (χ0) is 16.8. The summed E-state index contributed by atoms with van der Waals surface area (Å²) in [6.45, 7) is 0. The van der Waals surface area contributed by atoms with Crippen molar-refractivity contribution in [2.24, 2.45) is 0 Å². The van der Waals surface area contributed by atoms with Gasteiger partial charge in [0.25, 0.3) is 5.91 Å². The van der Waals surface area contributed by atoms with E-state index in [4.69, 9.17) is 0 Å². The van der Waals surface area contributed by atoms with Crippen LogP contribution in [0.25, 0.3) is 0 Å². The Balaban J connectivity index is 2.12. The fourth-order valence-electron chi connectivity index (χ4n) is 1.96. The van der Waals surface area contributed by atoms with Gasteiger partial charge in [-0.3, -0.25) is 4.79 Å². The van der Waals surface area contributed by atoms with Gasteiger partial charge in [-0.15, -0.1) is 0 Å². The second-order valence-corrected chi connectivity index (χ2v) is 4.72. The number of aliphatic carboxylic acids is 1. The maximum Gasteiger partial charge on any atom is 0.337 e. The van der Waals surface area contributed by atoms with Gasteiger partial charge in [-0.2, -0.15) is 0 Å². The van der Waals surface area contributed by atoms with E-state index < -0.39 is 23.9 Å². The van der Waals surface area contributed by atoms with Crippen molar-refractivity contribution in [3.05, 3.63) is 53.6 Å². The lowest BCUT2D eigenvalue weighted by molar-refractivity contribution is -0.139. The van der Waals surface area contributed by atoms with Crippen molar-refractivity contribution in [2.75, 3.05) is 7.11 Å². The molecule has 0 aliphatic carbocycles. The number of aromatic nitrogens is 2. The number of carbonyl (C=O) groups is 3. The molecule has 1 unspecified atom stereocenters. The number of nitrogens with one attached hydrogen (secondary N) is 2. The van der Waals surface area contributed by atoms with Gasteiger partial charge in [0.2, 0.25) is 0 Å². The topological polar surface area (TPSA) is 121 Å². The molecule has 1 aromatic carbocycles. The summed E-state index contributed by atoms with van der Waals surface area (Å²) in [5.74, 6) is -2.34. The van der Waals surface area contributed by atoms with Crippen LogP contribution >= 0.6 is 0 Å². The minimum atomic E-state index is -1.17. The van der Waals surface area contributed by atoms with Crippen LogP contribution in [-0.4, -0.2) is 46.1 Å². The number of carboxylic acid groups (broad SMARTS) is 1. The number of carbonyl (C=O) groups excluding carboxylic acids is 2. The van der Waals surface area contributed by atoms with E-state index in [0.717, 1.165) is 0 Å². The van der Waals surface area contributed by atoms with Crippen LogP contribution in [0.1, 0.15) is 26.4 Å². The van der Waals surface area contributed by atoms with E-state index in [0.29, 0.717) is 5.69 Å². The van der Waals surface area contributed by atoms with Gasteiger partial charge in [0.15, 0.2) is 0 Å². The molecule has 0 aliphatic heterocycles. The number of nitrogens with zero attached hydrogens (tertiary/aromatic N) is 1. The van der Waals surface area contributed by atoms with Gasteiger partial charge in [0, 0.05) is 23.9 Å². The highest BCUT2D eigenvalue weighted by Crippen LogP contribution is 2.08. The molecule has 0 saturated carbocycles. The number of benzene rings is 1. The summed E-state index contributed by atoms with van der Waals surface area (Å²) < 4.78 is 4.58. The van der Waals surface area contributed by atoms with Gasteiger partial charge >= 0.3 is 11.9 Å². The van der Waals surface area contributed by atoms with Gasteiger partial charge in [-0.1, -0.05) is 6.07 Å². The summed E-state index contributed by atoms with van der Waals surface area (Å²) in [6, 6.07) is 4.73. The lowest BCUT2D eigenvalue weighted by Gasteiger charge is -2.14.